The normalized spacial score (nSPS) is 11.4. The number of hydrogen-bond acceptors (Lipinski definition) is 5. The van der Waals surface area contributed by atoms with Gasteiger partial charge in [0.15, 0.2) is 0 Å². The lowest BCUT2D eigenvalue weighted by Gasteiger charge is -2.19. The summed E-state index contributed by atoms with van der Waals surface area (Å²) in [5, 5.41) is 12.3. The number of hydrogen-bond donors (Lipinski definition) is 2. The fourth-order valence-electron chi connectivity index (χ4n) is 1.78. The molecule has 2 heterocycles. The third-order valence-corrected chi connectivity index (χ3v) is 2.93. The molecule has 2 aromatic rings. The van der Waals surface area contributed by atoms with Crippen molar-refractivity contribution in [2.24, 2.45) is 0 Å². The fourth-order valence-corrected chi connectivity index (χ4v) is 1.78. The highest BCUT2D eigenvalue weighted by atomic mass is 16.4. The van der Waals surface area contributed by atoms with Gasteiger partial charge in [-0.05, 0) is 19.1 Å². The van der Waals surface area contributed by atoms with Crippen LogP contribution >= 0.6 is 0 Å². The van der Waals surface area contributed by atoms with Gasteiger partial charge in [0.25, 0.3) is 0 Å². The van der Waals surface area contributed by atoms with Crippen molar-refractivity contribution in [2.75, 3.05) is 5.32 Å². The Hall–Kier alpha value is -2.37. The minimum absolute atomic E-state index is 0.209. The molecule has 0 saturated heterocycles. The van der Waals surface area contributed by atoms with Crippen LogP contribution in [-0.2, 0) is 12.0 Å². The number of oxazole rings is 1. The van der Waals surface area contributed by atoms with Gasteiger partial charge in [0.1, 0.15) is 11.6 Å². The number of carbonyl (C=O) groups is 1. The first-order valence-electron chi connectivity index (χ1n) is 6.67. The molecule has 0 bridgehead atoms. The lowest BCUT2D eigenvalue weighted by atomic mass is 9.91. The van der Waals surface area contributed by atoms with Crippen molar-refractivity contribution in [1.82, 2.24) is 9.97 Å². The Kier molecular flexibility index (Phi) is 3.97. The molecule has 0 spiro atoms. The Balaban J connectivity index is 2.25. The van der Waals surface area contributed by atoms with Gasteiger partial charge in [-0.3, -0.25) is 0 Å². The number of pyridine rings is 1. The summed E-state index contributed by atoms with van der Waals surface area (Å²) < 4.78 is 5.36. The van der Waals surface area contributed by atoms with E-state index in [9.17, 15) is 9.90 Å². The number of rotatable bonds is 4. The van der Waals surface area contributed by atoms with Crippen molar-refractivity contribution >= 4 is 11.8 Å². The van der Waals surface area contributed by atoms with Gasteiger partial charge in [0.05, 0.1) is 18.3 Å². The summed E-state index contributed by atoms with van der Waals surface area (Å²) in [7, 11) is 0. The molecule has 21 heavy (non-hydrogen) atoms. The molecule has 0 aliphatic rings. The zero-order chi connectivity index (χ0) is 15.6. The highest BCUT2D eigenvalue weighted by Crippen LogP contribution is 2.23. The Bertz CT molecular complexity index is 656. The summed E-state index contributed by atoms with van der Waals surface area (Å²) in [6, 6.07) is 3.11. The topological polar surface area (TPSA) is 88.2 Å². The maximum Gasteiger partial charge on any atom is 0.335 e. The van der Waals surface area contributed by atoms with E-state index in [0.717, 1.165) is 5.76 Å². The van der Waals surface area contributed by atoms with E-state index in [1.807, 2.05) is 27.7 Å². The monoisotopic (exact) mass is 289 g/mol. The quantitative estimate of drug-likeness (QED) is 0.899. The van der Waals surface area contributed by atoms with Crippen LogP contribution in [-0.4, -0.2) is 21.0 Å². The van der Waals surface area contributed by atoms with E-state index in [1.165, 1.54) is 6.07 Å². The Morgan fingerprint density at radius 3 is 2.62 bits per heavy atom. The Morgan fingerprint density at radius 2 is 2.10 bits per heavy atom. The third kappa shape index (κ3) is 3.81. The third-order valence-electron chi connectivity index (χ3n) is 2.93. The van der Waals surface area contributed by atoms with E-state index in [-0.39, 0.29) is 11.0 Å². The van der Waals surface area contributed by atoms with Gasteiger partial charge in [-0.1, -0.05) is 20.8 Å². The number of aromatic nitrogens is 2. The maximum absolute atomic E-state index is 11.2. The molecule has 0 saturated carbocycles. The molecule has 0 aromatic carbocycles. The zero-order valence-electron chi connectivity index (χ0n) is 12.6. The zero-order valence-corrected chi connectivity index (χ0v) is 12.6. The van der Waals surface area contributed by atoms with Crippen molar-refractivity contribution in [3.8, 4) is 0 Å². The molecule has 112 valence electrons. The number of carboxylic acids is 1. The molecule has 2 N–H and O–H groups in total. The average Bonchev–Trinajstić information content (AvgIpc) is 2.81. The van der Waals surface area contributed by atoms with E-state index < -0.39 is 5.97 Å². The summed E-state index contributed by atoms with van der Waals surface area (Å²) in [6.45, 7) is 8.14. The minimum Gasteiger partial charge on any atom is -0.478 e. The van der Waals surface area contributed by atoms with Crippen molar-refractivity contribution in [2.45, 2.75) is 39.7 Å². The summed E-state index contributed by atoms with van der Waals surface area (Å²) >= 11 is 0. The molecule has 2 rings (SSSR count). The van der Waals surface area contributed by atoms with Gasteiger partial charge >= 0.3 is 5.97 Å². The van der Waals surface area contributed by atoms with Crippen LogP contribution in [0.15, 0.2) is 22.7 Å². The molecule has 0 radical (unpaired) electrons. The lowest BCUT2D eigenvalue weighted by Crippen LogP contribution is -2.16. The number of anilines is 1. The maximum atomic E-state index is 11.2. The van der Waals surface area contributed by atoms with Gasteiger partial charge in [-0.25, -0.2) is 14.8 Å². The molecular formula is C15H19N3O3. The minimum atomic E-state index is -0.974. The first kappa shape index (κ1) is 15.0. The first-order valence-corrected chi connectivity index (χ1v) is 6.67. The molecule has 0 fully saturated rings. The number of aromatic carboxylic acids is 1. The predicted octanol–water partition coefficient (Wildman–Crippen LogP) is 2.99. The smallest absolute Gasteiger partial charge is 0.335 e. The summed E-state index contributed by atoms with van der Waals surface area (Å²) in [4.78, 5) is 19.8. The van der Waals surface area contributed by atoms with Crippen LogP contribution in [0.2, 0.25) is 0 Å². The number of aryl methyl sites for hydroxylation is 1. The van der Waals surface area contributed by atoms with Crippen LogP contribution in [0.1, 0.15) is 48.5 Å². The Labute approximate surface area is 123 Å². The summed E-state index contributed by atoms with van der Waals surface area (Å²) in [6.07, 6.45) is 1.64. The predicted molar refractivity (Wildman–Crippen MR) is 78.5 cm³/mol. The SMILES string of the molecule is Cc1cnc(CNc2cc(C(=O)O)cc(C(C)(C)C)n2)o1. The standard InChI is InChI=1S/C15H19N3O3/c1-9-7-17-13(21-9)8-16-12-6-10(14(19)20)5-11(18-12)15(2,3)4/h5-7H,8H2,1-4H3,(H,16,18)(H,19,20). The average molecular weight is 289 g/mol. The molecule has 0 aliphatic heterocycles. The summed E-state index contributed by atoms with van der Waals surface area (Å²) in [5.41, 5.74) is 0.691. The molecule has 0 atom stereocenters. The van der Waals surface area contributed by atoms with Crippen LogP contribution in [0.5, 0.6) is 0 Å². The second-order valence-electron chi connectivity index (χ2n) is 5.90. The van der Waals surface area contributed by atoms with Crippen LogP contribution in [0.3, 0.4) is 0 Å². The van der Waals surface area contributed by atoms with Crippen LogP contribution in [0.25, 0.3) is 0 Å². The van der Waals surface area contributed by atoms with Gasteiger partial charge in [-0.2, -0.15) is 0 Å². The van der Waals surface area contributed by atoms with Crippen molar-refractivity contribution in [3.63, 3.8) is 0 Å². The molecular weight excluding hydrogens is 270 g/mol. The second kappa shape index (κ2) is 5.55. The molecule has 0 unspecified atom stereocenters. The molecule has 6 nitrogen and oxygen atoms in total. The van der Waals surface area contributed by atoms with Gasteiger partial charge in [-0.15, -0.1) is 0 Å². The molecule has 0 aliphatic carbocycles. The number of nitrogens with one attached hydrogen (secondary N) is 1. The van der Waals surface area contributed by atoms with Crippen molar-refractivity contribution in [1.29, 1.82) is 0 Å². The number of nitrogens with zero attached hydrogens (tertiary/aromatic N) is 2. The van der Waals surface area contributed by atoms with E-state index in [1.54, 1.807) is 12.3 Å². The van der Waals surface area contributed by atoms with Gasteiger partial charge in [0, 0.05) is 11.1 Å². The second-order valence-corrected chi connectivity index (χ2v) is 5.90. The highest BCUT2D eigenvalue weighted by molar-refractivity contribution is 5.88. The van der Waals surface area contributed by atoms with E-state index in [0.29, 0.717) is 23.9 Å². The number of carboxylic acid groups (broad SMARTS) is 1. The van der Waals surface area contributed by atoms with Crippen LogP contribution < -0.4 is 5.32 Å². The molecule has 6 heteroatoms. The first-order chi connectivity index (χ1) is 9.75. The van der Waals surface area contributed by atoms with E-state index in [2.05, 4.69) is 15.3 Å². The van der Waals surface area contributed by atoms with Gasteiger partial charge in [0.2, 0.25) is 5.89 Å². The van der Waals surface area contributed by atoms with Crippen molar-refractivity contribution < 1.29 is 14.3 Å². The van der Waals surface area contributed by atoms with Crippen LogP contribution in [0, 0.1) is 6.92 Å². The fraction of sp³-hybridized carbons (Fsp3) is 0.400. The van der Waals surface area contributed by atoms with Gasteiger partial charge < -0.3 is 14.8 Å². The van der Waals surface area contributed by atoms with Crippen LogP contribution in [0.4, 0.5) is 5.82 Å². The highest BCUT2D eigenvalue weighted by Gasteiger charge is 2.19. The van der Waals surface area contributed by atoms with Crippen molar-refractivity contribution in [3.05, 3.63) is 41.2 Å². The van der Waals surface area contributed by atoms with E-state index in [4.69, 9.17) is 4.42 Å². The molecule has 2 aromatic heterocycles. The summed E-state index contributed by atoms with van der Waals surface area (Å²) in [5.74, 6) is 0.787. The molecule has 0 amide bonds. The largest absolute Gasteiger partial charge is 0.478 e. The van der Waals surface area contributed by atoms with E-state index >= 15 is 0 Å². The lowest BCUT2D eigenvalue weighted by molar-refractivity contribution is 0.0696. The Morgan fingerprint density at radius 1 is 1.38 bits per heavy atom.